The largest absolute Gasteiger partial charge is 0.360 e. The van der Waals surface area contributed by atoms with Gasteiger partial charge in [-0.25, -0.2) is 0 Å². The number of carbonyl (C=O) groups is 2. The molecule has 2 N–H and O–H groups in total. The summed E-state index contributed by atoms with van der Waals surface area (Å²) < 4.78 is 1.34. The molecule has 0 unspecified atom stereocenters. The van der Waals surface area contributed by atoms with Crippen molar-refractivity contribution in [3.05, 3.63) is 64.2 Å². The summed E-state index contributed by atoms with van der Waals surface area (Å²) in [6.45, 7) is 1.44. The standard InChI is InChI=1S/C22H24N4O3/c1-25-14-15(21(28)26-10-6-2-3-7-11-26)12-19(22(25)29)24-20(27)17-13-23-18-9-5-4-8-16(17)18/h4-5,8-9,12-14,23H,2-3,6-7,10-11H2,1H3,(H,24,27). The maximum atomic E-state index is 13.0. The number of H-pyrrole nitrogens is 1. The predicted molar refractivity (Wildman–Crippen MR) is 112 cm³/mol. The molecule has 1 aromatic carbocycles. The van der Waals surface area contributed by atoms with Crippen LogP contribution in [0.3, 0.4) is 0 Å². The molecule has 1 saturated heterocycles. The Bertz CT molecular complexity index is 1120. The summed E-state index contributed by atoms with van der Waals surface area (Å²) in [6, 6.07) is 8.95. The SMILES string of the molecule is Cn1cc(C(=O)N2CCCCCC2)cc(NC(=O)c2c[nH]c3ccccc23)c1=O. The fourth-order valence-corrected chi connectivity index (χ4v) is 3.82. The minimum atomic E-state index is -0.390. The van der Waals surface area contributed by atoms with Crippen LogP contribution in [0.15, 0.2) is 47.5 Å². The molecule has 0 radical (unpaired) electrons. The molecule has 2 aromatic heterocycles. The third-order valence-electron chi connectivity index (χ3n) is 5.41. The first-order chi connectivity index (χ1) is 14.0. The molecule has 29 heavy (non-hydrogen) atoms. The Morgan fingerprint density at radius 2 is 1.79 bits per heavy atom. The molecule has 0 spiro atoms. The van der Waals surface area contributed by atoms with E-state index in [1.54, 1.807) is 13.2 Å². The molecule has 3 heterocycles. The maximum absolute atomic E-state index is 13.0. The van der Waals surface area contributed by atoms with Gasteiger partial charge < -0.3 is 19.8 Å². The van der Waals surface area contributed by atoms with E-state index in [-0.39, 0.29) is 23.1 Å². The Labute approximate surface area is 168 Å². The summed E-state index contributed by atoms with van der Waals surface area (Å²) in [5.74, 6) is -0.496. The number of amides is 2. The van der Waals surface area contributed by atoms with Crippen LogP contribution in [0.5, 0.6) is 0 Å². The summed E-state index contributed by atoms with van der Waals surface area (Å²) in [5.41, 5.74) is 1.44. The highest BCUT2D eigenvalue weighted by molar-refractivity contribution is 6.13. The highest BCUT2D eigenvalue weighted by Gasteiger charge is 2.20. The molecule has 0 saturated carbocycles. The summed E-state index contributed by atoms with van der Waals surface area (Å²) in [5, 5.41) is 3.47. The second-order valence-electron chi connectivity index (χ2n) is 7.47. The second kappa shape index (κ2) is 7.95. The van der Waals surface area contributed by atoms with E-state index < -0.39 is 0 Å². The van der Waals surface area contributed by atoms with Crippen LogP contribution >= 0.6 is 0 Å². The number of benzene rings is 1. The topological polar surface area (TPSA) is 87.2 Å². The Balaban J connectivity index is 1.62. The molecule has 4 rings (SSSR count). The zero-order valence-electron chi connectivity index (χ0n) is 16.4. The van der Waals surface area contributed by atoms with E-state index in [0.29, 0.717) is 11.1 Å². The number of nitrogens with one attached hydrogen (secondary N) is 2. The van der Waals surface area contributed by atoms with Crippen molar-refractivity contribution in [2.45, 2.75) is 25.7 Å². The van der Waals surface area contributed by atoms with Crippen LogP contribution in [0, 0.1) is 0 Å². The number of carbonyl (C=O) groups excluding carboxylic acids is 2. The van der Waals surface area contributed by atoms with Gasteiger partial charge in [0.15, 0.2) is 0 Å². The number of hydrogen-bond acceptors (Lipinski definition) is 3. The van der Waals surface area contributed by atoms with Crippen LogP contribution in [0.25, 0.3) is 10.9 Å². The van der Waals surface area contributed by atoms with Crippen LogP contribution in [0.2, 0.25) is 0 Å². The Hall–Kier alpha value is -3.35. The van der Waals surface area contributed by atoms with E-state index in [1.165, 1.54) is 16.8 Å². The molecule has 1 aliphatic rings. The van der Waals surface area contributed by atoms with Crippen LogP contribution in [0.1, 0.15) is 46.4 Å². The van der Waals surface area contributed by atoms with Gasteiger partial charge in [0.1, 0.15) is 5.69 Å². The number of nitrogens with zero attached hydrogens (tertiary/aromatic N) is 2. The number of likely N-dealkylation sites (tertiary alicyclic amines) is 1. The van der Waals surface area contributed by atoms with Crippen LogP contribution in [-0.4, -0.2) is 39.4 Å². The number of aryl methyl sites for hydroxylation is 1. The zero-order chi connectivity index (χ0) is 20.4. The number of hydrogen-bond donors (Lipinski definition) is 2. The average Bonchev–Trinajstić information content (AvgIpc) is 2.97. The van der Waals surface area contributed by atoms with Crippen molar-refractivity contribution in [2.24, 2.45) is 7.05 Å². The number of rotatable bonds is 3. The summed E-state index contributed by atoms with van der Waals surface area (Å²) in [7, 11) is 1.59. The molecule has 3 aromatic rings. The number of pyridine rings is 1. The predicted octanol–water partition coefficient (Wildman–Crippen LogP) is 3.14. The van der Waals surface area contributed by atoms with Crippen LogP contribution in [0.4, 0.5) is 5.69 Å². The first-order valence-corrected chi connectivity index (χ1v) is 9.92. The monoisotopic (exact) mass is 392 g/mol. The number of aromatic amines is 1. The van der Waals surface area contributed by atoms with Gasteiger partial charge in [0.05, 0.1) is 11.1 Å². The third-order valence-corrected chi connectivity index (χ3v) is 5.41. The molecule has 2 amide bonds. The van der Waals surface area contributed by atoms with E-state index in [2.05, 4.69) is 10.3 Å². The lowest BCUT2D eigenvalue weighted by atomic mass is 10.1. The molecule has 150 valence electrons. The molecular formula is C22H24N4O3. The highest BCUT2D eigenvalue weighted by Crippen LogP contribution is 2.19. The molecular weight excluding hydrogens is 368 g/mol. The van der Waals surface area contributed by atoms with Crippen LogP contribution in [-0.2, 0) is 7.05 Å². The normalized spacial score (nSPS) is 14.6. The molecule has 7 nitrogen and oxygen atoms in total. The minimum absolute atomic E-state index is 0.100. The molecule has 0 atom stereocenters. The zero-order valence-corrected chi connectivity index (χ0v) is 16.4. The van der Waals surface area contributed by atoms with Crippen LogP contribution < -0.4 is 10.9 Å². The van der Waals surface area contributed by atoms with E-state index in [1.807, 2.05) is 29.2 Å². The number of fused-ring (bicyclic) bond motifs is 1. The maximum Gasteiger partial charge on any atom is 0.274 e. The van der Waals surface area contributed by atoms with Gasteiger partial charge in [0, 0.05) is 43.4 Å². The van der Waals surface area contributed by atoms with Crippen molar-refractivity contribution in [3.8, 4) is 0 Å². The molecule has 0 bridgehead atoms. The van der Waals surface area contributed by atoms with Crippen molar-refractivity contribution in [3.63, 3.8) is 0 Å². The van der Waals surface area contributed by atoms with Gasteiger partial charge >= 0.3 is 0 Å². The lowest BCUT2D eigenvalue weighted by molar-refractivity contribution is 0.0760. The minimum Gasteiger partial charge on any atom is -0.360 e. The van der Waals surface area contributed by atoms with Crippen molar-refractivity contribution in [1.82, 2.24) is 14.5 Å². The van der Waals surface area contributed by atoms with Gasteiger partial charge in [-0.2, -0.15) is 0 Å². The Morgan fingerprint density at radius 3 is 2.55 bits per heavy atom. The molecule has 1 aliphatic heterocycles. The van der Waals surface area contributed by atoms with E-state index in [0.717, 1.165) is 49.7 Å². The van der Waals surface area contributed by atoms with Gasteiger partial charge in [-0.15, -0.1) is 0 Å². The number of anilines is 1. The third kappa shape index (κ3) is 3.81. The lowest BCUT2D eigenvalue weighted by Gasteiger charge is -2.21. The molecule has 7 heteroatoms. The number of para-hydroxylation sites is 1. The van der Waals surface area contributed by atoms with Gasteiger partial charge in [-0.05, 0) is 25.0 Å². The Morgan fingerprint density at radius 1 is 1.07 bits per heavy atom. The second-order valence-corrected chi connectivity index (χ2v) is 7.47. The Kier molecular flexibility index (Phi) is 5.20. The van der Waals surface area contributed by atoms with Gasteiger partial charge in [-0.1, -0.05) is 31.0 Å². The van der Waals surface area contributed by atoms with Gasteiger partial charge in [-0.3, -0.25) is 14.4 Å². The van der Waals surface area contributed by atoms with E-state index in [9.17, 15) is 14.4 Å². The van der Waals surface area contributed by atoms with Crippen molar-refractivity contribution in [2.75, 3.05) is 18.4 Å². The fourth-order valence-electron chi connectivity index (χ4n) is 3.82. The average molecular weight is 392 g/mol. The van der Waals surface area contributed by atoms with Crippen molar-refractivity contribution in [1.29, 1.82) is 0 Å². The summed E-state index contributed by atoms with van der Waals surface area (Å²) >= 11 is 0. The van der Waals surface area contributed by atoms with Gasteiger partial charge in [0.25, 0.3) is 17.4 Å². The smallest absolute Gasteiger partial charge is 0.274 e. The van der Waals surface area contributed by atoms with Crippen molar-refractivity contribution >= 4 is 28.4 Å². The summed E-state index contributed by atoms with van der Waals surface area (Å²) in [4.78, 5) is 43.2. The van der Waals surface area contributed by atoms with E-state index in [4.69, 9.17) is 0 Å². The number of aromatic nitrogens is 2. The first-order valence-electron chi connectivity index (χ1n) is 9.92. The van der Waals surface area contributed by atoms with E-state index >= 15 is 0 Å². The molecule has 0 aliphatic carbocycles. The summed E-state index contributed by atoms with van der Waals surface area (Å²) in [6.07, 6.45) is 7.39. The lowest BCUT2D eigenvalue weighted by Crippen LogP contribution is -2.33. The quantitative estimate of drug-likeness (QED) is 0.718. The highest BCUT2D eigenvalue weighted by atomic mass is 16.2. The first kappa shape index (κ1) is 19.0. The van der Waals surface area contributed by atoms with Gasteiger partial charge in [0.2, 0.25) is 0 Å². The molecule has 1 fully saturated rings. The van der Waals surface area contributed by atoms with Crippen molar-refractivity contribution < 1.29 is 9.59 Å². The fraction of sp³-hybridized carbons (Fsp3) is 0.318.